The van der Waals surface area contributed by atoms with Gasteiger partial charge in [0.25, 0.3) is 0 Å². The number of nitrogens with two attached hydrogens (primary N) is 1. The highest BCUT2D eigenvalue weighted by molar-refractivity contribution is 5.51. The van der Waals surface area contributed by atoms with E-state index in [1.165, 1.54) is 25.9 Å². The fourth-order valence-electron chi connectivity index (χ4n) is 2.76. The Balaban J connectivity index is 1.73. The fraction of sp³-hybridized carbons (Fsp3) is 0.625. The van der Waals surface area contributed by atoms with Crippen LogP contribution in [0.2, 0.25) is 0 Å². The molecule has 4 nitrogen and oxygen atoms in total. The molecule has 1 aromatic rings. The van der Waals surface area contributed by atoms with Gasteiger partial charge in [-0.15, -0.1) is 0 Å². The highest BCUT2D eigenvalue weighted by atomic mass is 16.5. The van der Waals surface area contributed by atoms with E-state index in [1.54, 1.807) is 13.2 Å². The molecule has 0 radical (unpaired) electrons. The molecule has 20 heavy (non-hydrogen) atoms. The van der Waals surface area contributed by atoms with Gasteiger partial charge < -0.3 is 20.1 Å². The van der Waals surface area contributed by atoms with E-state index in [0.717, 1.165) is 24.6 Å². The van der Waals surface area contributed by atoms with E-state index >= 15 is 0 Å². The molecule has 0 amide bonds. The second-order valence-corrected chi connectivity index (χ2v) is 5.66. The summed E-state index contributed by atoms with van der Waals surface area (Å²) in [4.78, 5) is 2.54. The highest BCUT2D eigenvalue weighted by Crippen LogP contribution is 2.29. The third-order valence-electron chi connectivity index (χ3n) is 3.81. The SMILES string of the molecule is COc1cc(N)ccc1OCCCN1CCCC(C)C1. The summed E-state index contributed by atoms with van der Waals surface area (Å²) in [6.45, 7) is 6.62. The monoisotopic (exact) mass is 278 g/mol. The number of hydrogen-bond donors (Lipinski definition) is 1. The Morgan fingerprint density at radius 1 is 1.35 bits per heavy atom. The molecule has 1 fully saturated rings. The van der Waals surface area contributed by atoms with E-state index in [1.807, 2.05) is 12.1 Å². The molecule has 1 atom stereocenters. The molecule has 0 aliphatic carbocycles. The van der Waals surface area contributed by atoms with E-state index < -0.39 is 0 Å². The minimum Gasteiger partial charge on any atom is -0.493 e. The Morgan fingerprint density at radius 2 is 2.20 bits per heavy atom. The first-order chi connectivity index (χ1) is 9.69. The standard InChI is InChI=1S/C16H26N2O2/c1-13-5-3-8-18(12-13)9-4-10-20-15-7-6-14(17)11-16(15)19-2/h6-7,11,13H,3-5,8-10,12,17H2,1-2H3. The molecule has 1 saturated heterocycles. The van der Waals surface area contributed by atoms with Gasteiger partial charge in [-0.2, -0.15) is 0 Å². The van der Waals surface area contributed by atoms with E-state index in [9.17, 15) is 0 Å². The zero-order valence-electron chi connectivity index (χ0n) is 12.6. The summed E-state index contributed by atoms with van der Waals surface area (Å²) >= 11 is 0. The van der Waals surface area contributed by atoms with Crippen LogP contribution in [-0.2, 0) is 0 Å². The van der Waals surface area contributed by atoms with Crippen LogP contribution in [0.4, 0.5) is 5.69 Å². The predicted molar refractivity (Wildman–Crippen MR) is 82.4 cm³/mol. The van der Waals surface area contributed by atoms with Gasteiger partial charge in [-0.25, -0.2) is 0 Å². The summed E-state index contributed by atoms with van der Waals surface area (Å²) in [7, 11) is 1.64. The highest BCUT2D eigenvalue weighted by Gasteiger charge is 2.15. The van der Waals surface area contributed by atoms with Gasteiger partial charge in [-0.3, -0.25) is 0 Å². The minimum absolute atomic E-state index is 0.691. The molecular formula is C16H26N2O2. The zero-order chi connectivity index (χ0) is 14.4. The van der Waals surface area contributed by atoms with E-state index in [4.69, 9.17) is 15.2 Å². The van der Waals surface area contributed by atoms with Gasteiger partial charge in [0, 0.05) is 24.8 Å². The van der Waals surface area contributed by atoms with E-state index in [-0.39, 0.29) is 0 Å². The molecule has 2 rings (SSSR count). The molecule has 1 unspecified atom stereocenters. The summed E-state index contributed by atoms with van der Waals surface area (Å²) in [6, 6.07) is 5.50. The number of nitrogen functional groups attached to an aromatic ring is 1. The Morgan fingerprint density at radius 3 is 2.95 bits per heavy atom. The molecule has 0 spiro atoms. The summed E-state index contributed by atoms with van der Waals surface area (Å²) in [5.41, 5.74) is 6.42. The first kappa shape index (κ1) is 15.0. The van der Waals surface area contributed by atoms with Crippen LogP contribution in [0.25, 0.3) is 0 Å². The summed E-state index contributed by atoms with van der Waals surface area (Å²) in [6.07, 6.45) is 3.74. The molecule has 112 valence electrons. The molecule has 1 aliphatic heterocycles. The molecule has 0 aromatic heterocycles. The van der Waals surface area contributed by atoms with Crippen molar-refractivity contribution >= 4 is 5.69 Å². The molecule has 0 saturated carbocycles. The fourth-order valence-corrected chi connectivity index (χ4v) is 2.76. The number of methoxy groups -OCH3 is 1. The quantitative estimate of drug-likeness (QED) is 0.642. The van der Waals surface area contributed by atoms with Crippen molar-refractivity contribution in [1.29, 1.82) is 0 Å². The van der Waals surface area contributed by atoms with E-state index in [2.05, 4.69) is 11.8 Å². The van der Waals surface area contributed by atoms with Crippen LogP contribution in [0.5, 0.6) is 11.5 Å². The second-order valence-electron chi connectivity index (χ2n) is 5.66. The zero-order valence-corrected chi connectivity index (χ0v) is 12.6. The van der Waals surface area contributed by atoms with Gasteiger partial charge in [0.2, 0.25) is 0 Å². The number of rotatable bonds is 6. The summed E-state index contributed by atoms with van der Waals surface area (Å²) < 4.78 is 11.1. The Bertz CT molecular complexity index is 423. The lowest BCUT2D eigenvalue weighted by atomic mass is 10.0. The predicted octanol–water partition coefficient (Wildman–Crippen LogP) is 2.78. The first-order valence-corrected chi connectivity index (χ1v) is 7.47. The van der Waals surface area contributed by atoms with Crippen LogP contribution in [0, 0.1) is 5.92 Å². The average molecular weight is 278 g/mol. The van der Waals surface area contributed by atoms with Crippen molar-refractivity contribution in [2.24, 2.45) is 5.92 Å². The molecule has 2 N–H and O–H groups in total. The van der Waals surface area contributed by atoms with Gasteiger partial charge >= 0.3 is 0 Å². The topological polar surface area (TPSA) is 47.7 Å². The summed E-state index contributed by atoms with van der Waals surface area (Å²) in [5, 5.41) is 0. The van der Waals surface area contributed by atoms with Crippen molar-refractivity contribution in [2.75, 3.05) is 39.1 Å². The number of anilines is 1. The van der Waals surface area contributed by atoms with E-state index in [0.29, 0.717) is 18.0 Å². The lowest BCUT2D eigenvalue weighted by molar-refractivity contribution is 0.169. The van der Waals surface area contributed by atoms with Crippen molar-refractivity contribution in [3.63, 3.8) is 0 Å². The smallest absolute Gasteiger partial charge is 0.162 e. The van der Waals surface area contributed by atoms with Gasteiger partial charge in [-0.05, 0) is 43.9 Å². The maximum Gasteiger partial charge on any atom is 0.162 e. The number of hydrogen-bond acceptors (Lipinski definition) is 4. The number of ether oxygens (including phenoxy) is 2. The van der Waals surface area contributed by atoms with Crippen LogP contribution in [0.1, 0.15) is 26.2 Å². The number of likely N-dealkylation sites (tertiary alicyclic amines) is 1. The van der Waals surface area contributed by atoms with Crippen molar-refractivity contribution in [1.82, 2.24) is 4.90 Å². The van der Waals surface area contributed by atoms with Crippen LogP contribution < -0.4 is 15.2 Å². The molecule has 1 aliphatic rings. The lowest BCUT2D eigenvalue weighted by Gasteiger charge is -2.30. The molecule has 1 aromatic carbocycles. The van der Waals surface area contributed by atoms with Gasteiger partial charge in [-0.1, -0.05) is 6.92 Å². The minimum atomic E-state index is 0.691. The number of piperidine rings is 1. The van der Waals surface area contributed by atoms with Crippen LogP contribution >= 0.6 is 0 Å². The number of nitrogens with zero attached hydrogens (tertiary/aromatic N) is 1. The first-order valence-electron chi connectivity index (χ1n) is 7.47. The van der Waals surface area contributed by atoms with Crippen molar-refractivity contribution < 1.29 is 9.47 Å². The van der Waals surface area contributed by atoms with Crippen molar-refractivity contribution in [3.8, 4) is 11.5 Å². The average Bonchev–Trinajstić information content (AvgIpc) is 2.45. The Hall–Kier alpha value is -1.42. The third kappa shape index (κ3) is 4.30. The van der Waals surface area contributed by atoms with Crippen molar-refractivity contribution in [2.45, 2.75) is 26.2 Å². The maximum absolute atomic E-state index is 5.79. The molecule has 0 bridgehead atoms. The van der Waals surface area contributed by atoms with Crippen molar-refractivity contribution in [3.05, 3.63) is 18.2 Å². The van der Waals surface area contributed by atoms with Gasteiger partial charge in [0.15, 0.2) is 11.5 Å². The van der Waals surface area contributed by atoms with Gasteiger partial charge in [0.1, 0.15) is 0 Å². The largest absolute Gasteiger partial charge is 0.493 e. The molecule has 4 heteroatoms. The normalized spacial score (nSPS) is 19.8. The Labute approximate surface area is 121 Å². The second kappa shape index (κ2) is 7.39. The van der Waals surface area contributed by atoms with Crippen LogP contribution in [0.3, 0.4) is 0 Å². The van der Waals surface area contributed by atoms with Crippen LogP contribution in [0.15, 0.2) is 18.2 Å². The Kier molecular flexibility index (Phi) is 5.53. The van der Waals surface area contributed by atoms with Gasteiger partial charge in [0.05, 0.1) is 13.7 Å². The van der Waals surface area contributed by atoms with Crippen LogP contribution in [-0.4, -0.2) is 38.3 Å². The maximum atomic E-state index is 5.79. The molecular weight excluding hydrogens is 252 g/mol. The lowest BCUT2D eigenvalue weighted by Crippen LogP contribution is -2.35. The summed E-state index contributed by atoms with van der Waals surface area (Å²) in [5.74, 6) is 2.31. The number of benzene rings is 1. The molecule has 1 heterocycles. The third-order valence-corrected chi connectivity index (χ3v) is 3.81.